The maximum atomic E-state index is 10.6. The Balaban J connectivity index is 2.81. The van der Waals surface area contributed by atoms with Crippen molar-refractivity contribution in [2.45, 2.75) is 0 Å². The second-order valence-corrected chi connectivity index (χ2v) is 2.98. The van der Waals surface area contributed by atoms with E-state index >= 15 is 0 Å². The van der Waals surface area contributed by atoms with Crippen molar-refractivity contribution in [3.8, 4) is 0 Å². The van der Waals surface area contributed by atoms with Crippen LogP contribution in [0, 0.1) is 10.1 Å². The molecule has 0 radical (unpaired) electrons. The molecule has 0 aliphatic rings. The molecule has 2 aromatic rings. The van der Waals surface area contributed by atoms with Gasteiger partial charge in [0.25, 0.3) is 5.69 Å². The minimum atomic E-state index is -0.470. The first-order chi connectivity index (χ1) is 6.70. The van der Waals surface area contributed by atoms with E-state index in [4.69, 9.17) is 5.73 Å². The quantitative estimate of drug-likeness (QED) is 0.424. The third kappa shape index (κ3) is 1.17. The lowest BCUT2D eigenvalue weighted by atomic mass is 10.1. The summed E-state index contributed by atoms with van der Waals surface area (Å²) in [6, 6.07) is 10.4. The molecular weight excluding hydrogens is 180 g/mol. The van der Waals surface area contributed by atoms with Crippen LogP contribution in [0.5, 0.6) is 0 Å². The molecule has 2 N–H and O–H groups in total. The number of benzene rings is 2. The molecule has 0 aliphatic heterocycles. The van der Waals surface area contributed by atoms with Gasteiger partial charge in [0.15, 0.2) is 0 Å². The summed E-state index contributed by atoms with van der Waals surface area (Å²) in [5, 5.41) is 12.2. The van der Waals surface area contributed by atoms with Gasteiger partial charge in [-0.15, -0.1) is 0 Å². The van der Waals surface area contributed by atoms with Crippen LogP contribution in [0.1, 0.15) is 0 Å². The lowest BCUT2D eigenvalue weighted by Crippen LogP contribution is -1.95. The first-order valence-electron chi connectivity index (χ1n) is 4.12. The summed E-state index contributed by atoms with van der Waals surface area (Å²) in [5.74, 6) is 0. The van der Waals surface area contributed by atoms with Crippen LogP contribution in [0.2, 0.25) is 0 Å². The van der Waals surface area contributed by atoms with E-state index in [0.717, 1.165) is 10.8 Å². The van der Waals surface area contributed by atoms with Crippen LogP contribution in [0.3, 0.4) is 0 Å². The van der Waals surface area contributed by atoms with Crippen LogP contribution < -0.4 is 5.73 Å². The molecule has 2 aromatic carbocycles. The first kappa shape index (κ1) is 8.50. The zero-order valence-corrected chi connectivity index (χ0v) is 7.31. The molecule has 0 spiro atoms. The van der Waals surface area contributed by atoms with E-state index in [1.807, 2.05) is 18.2 Å². The predicted octanol–water partition coefficient (Wildman–Crippen LogP) is 2.33. The van der Waals surface area contributed by atoms with E-state index < -0.39 is 4.92 Å². The van der Waals surface area contributed by atoms with Gasteiger partial charge in [-0.1, -0.05) is 24.3 Å². The van der Waals surface area contributed by atoms with Gasteiger partial charge in [-0.3, -0.25) is 10.1 Å². The van der Waals surface area contributed by atoms with E-state index in [0.29, 0.717) is 0 Å². The molecule has 0 saturated heterocycles. The lowest BCUT2D eigenvalue weighted by molar-refractivity contribution is -0.383. The highest BCUT2D eigenvalue weighted by atomic mass is 16.6. The van der Waals surface area contributed by atoms with Crippen molar-refractivity contribution in [1.82, 2.24) is 0 Å². The molecular formula is C10H8N2O2. The SMILES string of the molecule is Nc1c([N+](=O)[O-])ccc2ccccc12. The Hall–Kier alpha value is -2.10. The van der Waals surface area contributed by atoms with Crippen LogP contribution in [-0.2, 0) is 0 Å². The Kier molecular flexibility index (Phi) is 1.81. The van der Waals surface area contributed by atoms with Crippen LogP contribution in [-0.4, -0.2) is 4.92 Å². The Morgan fingerprint density at radius 1 is 1.14 bits per heavy atom. The zero-order valence-electron chi connectivity index (χ0n) is 7.31. The smallest absolute Gasteiger partial charge is 0.292 e. The number of rotatable bonds is 1. The number of nitrogen functional groups attached to an aromatic ring is 1. The number of nitrogens with zero attached hydrogens (tertiary/aromatic N) is 1. The van der Waals surface area contributed by atoms with Gasteiger partial charge < -0.3 is 5.73 Å². The highest BCUT2D eigenvalue weighted by molar-refractivity contribution is 5.97. The maximum Gasteiger partial charge on any atom is 0.292 e. The summed E-state index contributed by atoms with van der Waals surface area (Å²) in [7, 11) is 0. The Morgan fingerprint density at radius 3 is 2.57 bits per heavy atom. The normalized spacial score (nSPS) is 10.3. The van der Waals surface area contributed by atoms with Crippen molar-refractivity contribution in [3.63, 3.8) is 0 Å². The third-order valence-corrected chi connectivity index (χ3v) is 2.14. The van der Waals surface area contributed by atoms with Gasteiger partial charge in [0.1, 0.15) is 5.69 Å². The highest BCUT2D eigenvalue weighted by Crippen LogP contribution is 2.29. The van der Waals surface area contributed by atoms with Gasteiger partial charge in [-0.05, 0) is 11.5 Å². The third-order valence-electron chi connectivity index (χ3n) is 2.14. The summed E-state index contributed by atoms with van der Waals surface area (Å²) in [5.41, 5.74) is 5.87. The Morgan fingerprint density at radius 2 is 1.86 bits per heavy atom. The summed E-state index contributed by atoms with van der Waals surface area (Å²) in [6.07, 6.45) is 0. The summed E-state index contributed by atoms with van der Waals surface area (Å²) in [6.45, 7) is 0. The number of fused-ring (bicyclic) bond motifs is 1. The topological polar surface area (TPSA) is 69.2 Å². The van der Waals surface area contributed by atoms with Crippen molar-refractivity contribution in [2.75, 3.05) is 5.73 Å². The van der Waals surface area contributed by atoms with Crippen LogP contribution >= 0.6 is 0 Å². The zero-order chi connectivity index (χ0) is 10.1. The molecule has 0 fully saturated rings. The predicted molar refractivity (Wildman–Crippen MR) is 55.0 cm³/mol. The fraction of sp³-hybridized carbons (Fsp3) is 0. The average Bonchev–Trinajstić information content (AvgIpc) is 2.18. The molecule has 0 atom stereocenters. The molecule has 70 valence electrons. The van der Waals surface area contributed by atoms with E-state index in [-0.39, 0.29) is 11.4 Å². The molecule has 4 heteroatoms. The van der Waals surface area contributed by atoms with Gasteiger partial charge >= 0.3 is 0 Å². The Labute approximate surface area is 80.1 Å². The molecule has 0 aliphatic carbocycles. The highest BCUT2D eigenvalue weighted by Gasteiger charge is 2.12. The standard InChI is InChI=1S/C10H8N2O2/c11-10-8-4-2-1-3-7(8)5-6-9(10)12(13)14/h1-6H,11H2. The minimum absolute atomic E-state index is 0.0382. The Bertz CT molecular complexity index is 508. The van der Waals surface area contributed by atoms with Crippen molar-refractivity contribution < 1.29 is 4.92 Å². The molecule has 0 aromatic heterocycles. The largest absolute Gasteiger partial charge is 0.393 e. The maximum absolute atomic E-state index is 10.6. The van der Waals surface area contributed by atoms with Crippen molar-refractivity contribution >= 4 is 22.1 Å². The average molecular weight is 188 g/mol. The molecule has 0 saturated carbocycles. The lowest BCUT2D eigenvalue weighted by Gasteiger charge is -2.01. The first-order valence-corrected chi connectivity index (χ1v) is 4.12. The molecule has 4 nitrogen and oxygen atoms in total. The van der Waals surface area contributed by atoms with Crippen molar-refractivity contribution in [2.24, 2.45) is 0 Å². The fourth-order valence-corrected chi connectivity index (χ4v) is 1.44. The molecule has 14 heavy (non-hydrogen) atoms. The number of hydrogen-bond donors (Lipinski definition) is 1. The monoisotopic (exact) mass is 188 g/mol. The van der Waals surface area contributed by atoms with E-state index in [2.05, 4.69) is 0 Å². The molecule has 2 rings (SSSR count). The van der Waals surface area contributed by atoms with E-state index in [1.54, 1.807) is 12.1 Å². The number of hydrogen-bond acceptors (Lipinski definition) is 3. The van der Waals surface area contributed by atoms with Crippen LogP contribution in [0.25, 0.3) is 10.8 Å². The van der Waals surface area contributed by atoms with Gasteiger partial charge in [-0.25, -0.2) is 0 Å². The van der Waals surface area contributed by atoms with Crippen molar-refractivity contribution in [3.05, 3.63) is 46.5 Å². The minimum Gasteiger partial charge on any atom is -0.393 e. The number of nitro benzene ring substituents is 1. The summed E-state index contributed by atoms with van der Waals surface area (Å²) < 4.78 is 0. The van der Waals surface area contributed by atoms with Gasteiger partial charge in [0.05, 0.1) is 4.92 Å². The number of nitrogens with two attached hydrogens (primary N) is 1. The summed E-state index contributed by atoms with van der Waals surface area (Å²) in [4.78, 5) is 10.1. The van der Waals surface area contributed by atoms with Crippen molar-refractivity contribution in [1.29, 1.82) is 0 Å². The number of nitro groups is 1. The van der Waals surface area contributed by atoms with E-state index in [1.165, 1.54) is 6.07 Å². The molecule has 0 bridgehead atoms. The second kappa shape index (κ2) is 2.99. The van der Waals surface area contributed by atoms with Crippen LogP contribution in [0.15, 0.2) is 36.4 Å². The number of anilines is 1. The molecule has 0 unspecified atom stereocenters. The van der Waals surface area contributed by atoms with E-state index in [9.17, 15) is 10.1 Å². The fourth-order valence-electron chi connectivity index (χ4n) is 1.44. The van der Waals surface area contributed by atoms with Gasteiger partial charge in [-0.2, -0.15) is 0 Å². The van der Waals surface area contributed by atoms with Crippen LogP contribution in [0.4, 0.5) is 11.4 Å². The van der Waals surface area contributed by atoms with Gasteiger partial charge in [0, 0.05) is 11.5 Å². The molecule has 0 heterocycles. The second-order valence-electron chi connectivity index (χ2n) is 2.98. The summed E-state index contributed by atoms with van der Waals surface area (Å²) >= 11 is 0. The van der Waals surface area contributed by atoms with Gasteiger partial charge in [0.2, 0.25) is 0 Å². The molecule has 0 amide bonds.